The van der Waals surface area contributed by atoms with E-state index in [9.17, 15) is 14.7 Å². The highest BCUT2D eigenvalue weighted by molar-refractivity contribution is 6.06. The van der Waals surface area contributed by atoms with E-state index in [0.717, 1.165) is 12.2 Å². The highest BCUT2D eigenvalue weighted by atomic mass is 16.5. The van der Waals surface area contributed by atoms with Crippen molar-refractivity contribution in [1.29, 1.82) is 0 Å². The van der Waals surface area contributed by atoms with Gasteiger partial charge in [-0.05, 0) is 44.7 Å². The molecule has 0 saturated carbocycles. The molecule has 9 nitrogen and oxygen atoms in total. The number of likely N-dealkylation sites (N-methyl/N-ethyl adjacent to an activating group) is 1. The maximum Gasteiger partial charge on any atom is 0.274 e. The first-order chi connectivity index (χ1) is 18.2. The van der Waals surface area contributed by atoms with Crippen molar-refractivity contribution in [2.75, 3.05) is 32.1 Å². The number of amides is 2. The van der Waals surface area contributed by atoms with Crippen LogP contribution in [0.3, 0.4) is 0 Å². The fourth-order valence-corrected chi connectivity index (χ4v) is 4.84. The third kappa shape index (κ3) is 6.06. The summed E-state index contributed by atoms with van der Waals surface area (Å²) in [5.41, 5.74) is 3.10. The Labute approximate surface area is 224 Å². The summed E-state index contributed by atoms with van der Waals surface area (Å²) in [6.45, 7) is 7.35. The molecule has 0 unspecified atom stereocenters. The molecule has 0 saturated heterocycles. The minimum Gasteiger partial charge on any atom is -0.486 e. The van der Waals surface area contributed by atoms with Gasteiger partial charge < -0.3 is 20.1 Å². The van der Waals surface area contributed by atoms with Gasteiger partial charge >= 0.3 is 0 Å². The van der Waals surface area contributed by atoms with Crippen molar-refractivity contribution in [2.24, 2.45) is 13.0 Å². The van der Waals surface area contributed by atoms with E-state index < -0.39 is 0 Å². The second kappa shape index (κ2) is 11.8. The Morgan fingerprint density at radius 3 is 2.63 bits per heavy atom. The Morgan fingerprint density at radius 2 is 1.97 bits per heavy atom. The van der Waals surface area contributed by atoms with Crippen LogP contribution in [0.5, 0.6) is 5.75 Å². The van der Waals surface area contributed by atoms with Gasteiger partial charge in [0.2, 0.25) is 0 Å². The van der Waals surface area contributed by atoms with Gasteiger partial charge in [0, 0.05) is 32.6 Å². The summed E-state index contributed by atoms with van der Waals surface area (Å²) >= 11 is 0. The molecule has 9 heteroatoms. The van der Waals surface area contributed by atoms with Gasteiger partial charge in [0.25, 0.3) is 11.8 Å². The normalized spacial score (nSPS) is 18.4. The van der Waals surface area contributed by atoms with Gasteiger partial charge in [-0.3, -0.25) is 19.2 Å². The van der Waals surface area contributed by atoms with E-state index in [1.807, 2.05) is 39.1 Å². The molecule has 1 aliphatic heterocycles. The Kier molecular flexibility index (Phi) is 8.48. The molecule has 2 N–H and O–H groups in total. The van der Waals surface area contributed by atoms with Crippen LogP contribution in [0.1, 0.15) is 46.0 Å². The number of nitrogens with one attached hydrogen (secondary N) is 1. The first-order valence-corrected chi connectivity index (χ1v) is 12.9. The molecule has 202 valence electrons. The zero-order valence-corrected chi connectivity index (χ0v) is 22.7. The molecule has 1 aliphatic rings. The number of hydrogen-bond acceptors (Lipinski definition) is 6. The molecule has 1 aromatic heterocycles. The number of rotatable bonds is 8. The van der Waals surface area contributed by atoms with E-state index in [1.165, 1.54) is 10.2 Å². The molecule has 2 amide bonds. The Bertz CT molecular complexity index is 1280. The molecule has 3 atom stereocenters. The smallest absolute Gasteiger partial charge is 0.274 e. The van der Waals surface area contributed by atoms with Gasteiger partial charge in [-0.1, -0.05) is 43.3 Å². The molecule has 3 aromatic rings. The number of aliphatic hydroxyl groups is 1. The summed E-state index contributed by atoms with van der Waals surface area (Å²) in [4.78, 5) is 30.7. The van der Waals surface area contributed by atoms with Crippen molar-refractivity contribution in [3.63, 3.8) is 0 Å². The number of aliphatic hydroxyl groups excluding tert-OH is 1. The van der Waals surface area contributed by atoms with Crippen molar-refractivity contribution < 1.29 is 19.4 Å². The van der Waals surface area contributed by atoms with Crippen LogP contribution in [0.25, 0.3) is 0 Å². The standard InChI is InChI=1S/C29H37N5O4/c1-19-15-34(21(3)18-35)29(37)23-12-9-13-24(30-28(36)25-14-20(2)31-33(25)5)27(23)38-26(19)17-32(4)16-22-10-7-6-8-11-22/h6-14,19,21,26,35H,15-18H2,1-5H3,(H,30,36)/t19-,21-,26-/m1/s1. The molecule has 0 bridgehead atoms. The lowest BCUT2D eigenvalue weighted by molar-refractivity contribution is 0.0343. The number of hydrogen-bond donors (Lipinski definition) is 2. The second-order valence-corrected chi connectivity index (χ2v) is 10.2. The summed E-state index contributed by atoms with van der Waals surface area (Å²) in [5, 5.41) is 17.1. The summed E-state index contributed by atoms with van der Waals surface area (Å²) < 4.78 is 8.13. The molecule has 4 rings (SSSR count). The molecule has 0 spiro atoms. The quantitative estimate of drug-likeness (QED) is 0.474. The number of benzene rings is 2. The number of para-hydroxylation sites is 1. The van der Waals surface area contributed by atoms with Gasteiger partial charge in [0.15, 0.2) is 5.75 Å². The van der Waals surface area contributed by atoms with Crippen LogP contribution < -0.4 is 10.1 Å². The van der Waals surface area contributed by atoms with E-state index >= 15 is 0 Å². The first kappa shape index (κ1) is 27.3. The number of nitrogens with zero attached hydrogens (tertiary/aromatic N) is 4. The SMILES string of the molecule is Cc1cc(C(=O)Nc2cccc3c2O[C@H](CN(C)Cc2ccccc2)[C@H](C)CN([C@H](C)CO)C3=O)n(C)n1. The molecular weight excluding hydrogens is 482 g/mol. The Morgan fingerprint density at radius 1 is 1.24 bits per heavy atom. The van der Waals surface area contributed by atoms with Crippen molar-refractivity contribution in [1.82, 2.24) is 19.6 Å². The van der Waals surface area contributed by atoms with E-state index in [4.69, 9.17) is 4.74 Å². The number of ether oxygens (including phenoxy) is 1. The topological polar surface area (TPSA) is 99.9 Å². The van der Waals surface area contributed by atoms with E-state index in [0.29, 0.717) is 35.8 Å². The zero-order valence-electron chi connectivity index (χ0n) is 22.7. The number of fused-ring (bicyclic) bond motifs is 1. The molecule has 2 aromatic carbocycles. The third-order valence-electron chi connectivity index (χ3n) is 6.96. The highest BCUT2D eigenvalue weighted by Gasteiger charge is 2.34. The lowest BCUT2D eigenvalue weighted by Gasteiger charge is -2.38. The van der Waals surface area contributed by atoms with Crippen LogP contribution in [0.15, 0.2) is 54.6 Å². The van der Waals surface area contributed by atoms with Crippen LogP contribution in [0.4, 0.5) is 5.69 Å². The van der Waals surface area contributed by atoms with E-state index in [1.54, 1.807) is 36.2 Å². The van der Waals surface area contributed by atoms with Gasteiger partial charge in [-0.15, -0.1) is 0 Å². The van der Waals surface area contributed by atoms with Gasteiger partial charge in [-0.2, -0.15) is 5.10 Å². The average Bonchev–Trinajstić information content (AvgIpc) is 3.24. The van der Waals surface area contributed by atoms with E-state index in [2.05, 4.69) is 34.4 Å². The van der Waals surface area contributed by atoms with Gasteiger partial charge in [0.1, 0.15) is 11.8 Å². The molecule has 0 radical (unpaired) electrons. The summed E-state index contributed by atoms with van der Waals surface area (Å²) in [6, 6.07) is 16.7. The maximum absolute atomic E-state index is 13.7. The van der Waals surface area contributed by atoms with Crippen LogP contribution in [0, 0.1) is 12.8 Å². The number of aromatic nitrogens is 2. The predicted molar refractivity (Wildman–Crippen MR) is 146 cm³/mol. The monoisotopic (exact) mass is 519 g/mol. The number of carbonyl (C=O) groups excluding carboxylic acids is 2. The molecule has 0 fully saturated rings. The van der Waals surface area contributed by atoms with E-state index in [-0.39, 0.29) is 36.5 Å². The predicted octanol–water partition coefficient (Wildman–Crippen LogP) is 3.33. The summed E-state index contributed by atoms with van der Waals surface area (Å²) in [5.74, 6) is -0.282. The first-order valence-electron chi connectivity index (χ1n) is 12.9. The molecule has 2 heterocycles. The minimum atomic E-state index is -0.366. The summed E-state index contributed by atoms with van der Waals surface area (Å²) in [7, 11) is 3.76. The number of anilines is 1. The minimum absolute atomic E-state index is 0.0391. The maximum atomic E-state index is 13.7. The van der Waals surface area contributed by atoms with Crippen molar-refractivity contribution in [2.45, 2.75) is 39.5 Å². The largest absolute Gasteiger partial charge is 0.486 e. The Hall–Kier alpha value is -3.69. The molecular formula is C29H37N5O4. The van der Waals surface area contributed by atoms with Crippen molar-refractivity contribution in [3.8, 4) is 5.75 Å². The van der Waals surface area contributed by atoms with Gasteiger partial charge in [-0.25, -0.2) is 0 Å². The van der Waals surface area contributed by atoms with Crippen LogP contribution >= 0.6 is 0 Å². The van der Waals surface area contributed by atoms with Crippen LogP contribution in [0.2, 0.25) is 0 Å². The number of carbonyl (C=O) groups is 2. The second-order valence-electron chi connectivity index (χ2n) is 10.2. The number of aryl methyl sites for hydroxylation is 2. The molecule has 38 heavy (non-hydrogen) atoms. The van der Waals surface area contributed by atoms with Crippen molar-refractivity contribution >= 4 is 17.5 Å². The lowest BCUT2D eigenvalue weighted by atomic mass is 9.98. The zero-order chi connectivity index (χ0) is 27.4. The average molecular weight is 520 g/mol. The Balaban J connectivity index is 1.68. The fraction of sp³-hybridized carbons (Fsp3) is 0.414. The van der Waals surface area contributed by atoms with Crippen LogP contribution in [-0.2, 0) is 13.6 Å². The van der Waals surface area contributed by atoms with Crippen molar-refractivity contribution in [3.05, 3.63) is 77.1 Å². The third-order valence-corrected chi connectivity index (χ3v) is 6.96. The summed E-state index contributed by atoms with van der Waals surface area (Å²) in [6.07, 6.45) is -0.277. The lowest BCUT2D eigenvalue weighted by Crippen LogP contribution is -2.49. The highest BCUT2D eigenvalue weighted by Crippen LogP contribution is 2.35. The fourth-order valence-electron chi connectivity index (χ4n) is 4.84. The molecule has 0 aliphatic carbocycles. The van der Waals surface area contributed by atoms with Gasteiger partial charge in [0.05, 0.1) is 29.6 Å². The van der Waals surface area contributed by atoms with Crippen LogP contribution in [-0.4, -0.2) is 75.4 Å².